The van der Waals surface area contributed by atoms with E-state index in [2.05, 4.69) is 4.74 Å². The van der Waals surface area contributed by atoms with Crippen LogP contribution in [0.3, 0.4) is 0 Å². The van der Waals surface area contributed by atoms with Crippen LogP contribution in [-0.2, 0) is 29.8 Å². The molecule has 8 nitrogen and oxygen atoms in total. The number of alkyl halides is 5. The van der Waals surface area contributed by atoms with Gasteiger partial charge in [-0.15, -0.1) is 0 Å². The molecule has 1 atom stereocenters. The fraction of sp³-hybridized carbons (Fsp3) is 0.833. The van der Waals surface area contributed by atoms with E-state index in [1.807, 2.05) is 0 Å². The van der Waals surface area contributed by atoms with Gasteiger partial charge >= 0.3 is 27.5 Å². The van der Waals surface area contributed by atoms with E-state index >= 15 is 0 Å². The van der Waals surface area contributed by atoms with E-state index in [0.717, 1.165) is 0 Å². The summed E-state index contributed by atoms with van der Waals surface area (Å²) in [6.45, 7) is 0. The van der Waals surface area contributed by atoms with Gasteiger partial charge < -0.3 is 4.74 Å². The first kappa shape index (κ1) is 19.9. The Bertz CT molecular complexity index is 591. The van der Waals surface area contributed by atoms with Crippen molar-refractivity contribution in [2.24, 2.45) is 0 Å². The van der Waals surface area contributed by atoms with Crippen LogP contribution in [0, 0.1) is 0 Å². The maximum absolute atomic E-state index is 12.9. The Morgan fingerprint density at radius 1 is 1.05 bits per heavy atom. The summed E-state index contributed by atoms with van der Waals surface area (Å²) in [6.07, 6.45) is -12.1. The highest BCUT2D eigenvalue weighted by atomic mass is 32.2. The van der Waals surface area contributed by atoms with E-state index in [1.165, 1.54) is 0 Å². The summed E-state index contributed by atoms with van der Waals surface area (Å²) < 4.78 is 123. The SMILES string of the molecule is O=C(CCS(=O)(=O)O)OC(C(F)(F)F)C(F)(F)S(=O)(=O)O. The predicted octanol–water partition coefficient (Wildman–Crippen LogP) is 0.219. The van der Waals surface area contributed by atoms with Gasteiger partial charge in [0.05, 0.1) is 12.2 Å². The number of hydrogen-bond donors (Lipinski definition) is 2. The average molecular weight is 366 g/mol. The van der Waals surface area contributed by atoms with Gasteiger partial charge in [-0.05, 0) is 0 Å². The molecule has 21 heavy (non-hydrogen) atoms. The average Bonchev–Trinajstić information content (AvgIpc) is 2.18. The molecule has 2 N–H and O–H groups in total. The first-order chi connectivity index (χ1) is 8.98. The van der Waals surface area contributed by atoms with Crippen molar-refractivity contribution in [3.63, 3.8) is 0 Å². The van der Waals surface area contributed by atoms with Crippen LogP contribution in [0.2, 0.25) is 0 Å². The molecular formula is C6H7F5O8S2. The standard InChI is InChI=1S/C6H7F5O8S2/c7-5(8,9)4(6(10,11)21(16,17)18)19-3(12)1-2-20(13,14)15/h4H,1-2H2,(H,13,14,15)(H,16,17,18). The number of hydrogen-bond acceptors (Lipinski definition) is 6. The fourth-order valence-corrected chi connectivity index (χ4v) is 1.74. The van der Waals surface area contributed by atoms with E-state index in [9.17, 15) is 43.6 Å². The second-order valence-electron chi connectivity index (χ2n) is 3.48. The van der Waals surface area contributed by atoms with E-state index in [1.54, 1.807) is 0 Å². The van der Waals surface area contributed by atoms with Crippen LogP contribution in [0.5, 0.6) is 0 Å². The van der Waals surface area contributed by atoms with Crippen LogP contribution in [0.4, 0.5) is 22.0 Å². The highest BCUT2D eigenvalue weighted by Gasteiger charge is 2.66. The van der Waals surface area contributed by atoms with Gasteiger partial charge in [0, 0.05) is 0 Å². The van der Waals surface area contributed by atoms with E-state index in [0.29, 0.717) is 0 Å². The van der Waals surface area contributed by atoms with Crippen molar-refractivity contribution in [1.29, 1.82) is 0 Å². The number of halogens is 5. The molecule has 0 fully saturated rings. The van der Waals surface area contributed by atoms with E-state index in [-0.39, 0.29) is 0 Å². The fourth-order valence-electron chi connectivity index (χ4n) is 0.864. The second-order valence-corrected chi connectivity index (χ2v) is 6.55. The molecule has 0 aliphatic carbocycles. The molecule has 0 aromatic heterocycles. The molecule has 1 unspecified atom stereocenters. The Hall–Kier alpha value is -1.06. The van der Waals surface area contributed by atoms with Gasteiger partial charge in [-0.3, -0.25) is 13.9 Å². The summed E-state index contributed by atoms with van der Waals surface area (Å²) in [4.78, 5) is 10.8. The lowest BCUT2D eigenvalue weighted by Crippen LogP contribution is -2.52. The third-order valence-electron chi connectivity index (χ3n) is 1.76. The minimum absolute atomic E-state index is 1.44. The lowest BCUT2D eigenvalue weighted by atomic mass is 10.3. The zero-order chi connectivity index (χ0) is 17.3. The molecule has 0 heterocycles. The molecule has 0 spiro atoms. The van der Waals surface area contributed by atoms with Crippen LogP contribution in [0.1, 0.15) is 6.42 Å². The maximum Gasteiger partial charge on any atom is 0.432 e. The topological polar surface area (TPSA) is 135 Å². The summed E-state index contributed by atoms with van der Waals surface area (Å²) in [6, 6.07) is 0. The molecular weight excluding hydrogens is 359 g/mol. The molecule has 15 heteroatoms. The highest BCUT2D eigenvalue weighted by Crippen LogP contribution is 2.38. The smallest absolute Gasteiger partial charge is 0.432 e. The summed E-state index contributed by atoms with van der Waals surface area (Å²) in [5.74, 6) is -3.62. The lowest BCUT2D eigenvalue weighted by Gasteiger charge is -2.25. The van der Waals surface area contributed by atoms with Crippen LogP contribution in [-0.4, -0.2) is 55.2 Å². The molecule has 0 aromatic rings. The quantitative estimate of drug-likeness (QED) is 0.387. The van der Waals surface area contributed by atoms with Gasteiger partial charge in [0.2, 0.25) is 0 Å². The monoisotopic (exact) mass is 366 g/mol. The molecule has 126 valence electrons. The van der Waals surface area contributed by atoms with Crippen molar-refractivity contribution in [2.45, 2.75) is 24.0 Å². The van der Waals surface area contributed by atoms with Crippen LogP contribution >= 0.6 is 0 Å². The molecule has 0 saturated heterocycles. The molecule has 0 aliphatic rings. The minimum atomic E-state index is -6.57. The Morgan fingerprint density at radius 3 is 1.76 bits per heavy atom. The molecule has 0 amide bonds. The van der Waals surface area contributed by atoms with Gasteiger partial charge in [0.15, 0.2) is 0 Å². The van der Waals surface area contributed by atoms with E-state index in [4.69, 9.17) is 9.11 Å². The molecule has 0 saturated carbocycles. The summed E-state index contributed by atoms with van der Waals surface area (Å²) >= 11 is 0. The highest BCUT2D eigenvalue weighted by molar-refractivity contribution is 7.87. The number of carbonyl (C=O) groups excluding carboxylic acids is 1. The van der Waals surface area contributed by atoms with Crippen molar-refractivity contribution in [1.82, 2.24) is 0 Å². The zero-order valence-corrected chi connectivity index (χ0v) is 11.2. The summed E-state index contributed by atoms with van der Waals surface area (Å²) in [5.41, 5.74) is 0. The molecule has 0 aliphatic heterocycles. The van der Waals surface area contributed by atoms with Crippen LogP contribution < -0.4 is 0 Å². The normalized spacial score (nSPS) is 15.6. The van der Waals surface area contributed by atoms with Gasteiger partial charge in [0.25, 0.3) is 16.2 Å². The zero-order valence-electron chi connectivity index (χ0n) is 9.54. The number of ether oxygens (including phenoxy) is 1. The molecule has 0 radical (unpaired) electrons. The third-order valence-corrected chi connectivity index (χ3v) is 3.38. The predicted molar refractivity (Wildman–Crippen MR) is 53.5 cm³/mol. The van der Waals surface area contributed by atoms with Gasteiger partial charge in [-0.1, -0.05) is 0 Å². The molecule has 0 rings (SSSR count). The minimum Gasteiger partial charge on any atom is -0.445 e. The van der Waals surface area contributed by atoms with Gasteiger partial charge in [-0.2, -0.15) is 38.8 Å². The van der Waals surface area contributed by atoms with Gasteiger partial charge in [-0.25, -0.2) is 0 Å². The van der Waals surface area contributed by atoms with Crippen LogP contribution in [0.15, 0.2) is 0 Å². The maximum atomic E-state index is 12.9. The number of rotatable bonds is 6. The first-order valence-electron chi connectivity index (χ1n) is 4.54. The summed E-state index contributed by atoms with van der Waals surface area (Å²) in [5, 5.41) is -5.90. The Balaban J connectivity index is 5.29. The van der Waals surface area contributed by atoms with Crippen molar-refractivity contribution < 1.29 is 57.4 Å². The van der Waals surface area contributed by atoms with Crippen molar-refractivity contribution in [2.75, 3.05) is 5.75 Å². The lowest BCUT2D eigenvalue weighted by molar-refractivity contribution is -0.259. The number of carbonyl (C=O) groups is 1. The van der Waals surface area contributed by atoms with Crippen molar-refractivity contribution >= 4 is 26.2 Å². The Kier molecular flexibility index (Phi) is 5.67. The second kappa shape index (κ2) is 5.98. The largest absolute Gasteiger partial charge is 0.445 e. The van der Waals surface area contributed by atoms with Crippen molar-refractivity contribution in [3.05, 3.63) is 0 Å². The first-order valence-corrected chi connectivity index (χ1v) is 7.59. The van der Waals surface area contributed by atoms with E-state index < -0.39 is 55.9 Å². The Labute approximate surface area is 114 Å². The number of esters is 1. The Morgan fingerprint density at radius 2 is 1.48 bits per heavy atom. The third kappa shape index (κ3) is 6.06. The van der Waals surface area contributed by atoms with Gasteiger partial charge in [0.1, 0.15) is 0 Å². The van der Waals surface area contributed by atoms with Crippen LogP contribution in [0.25, 0.3) is 0 Å². The van der Waals surface area contributed by atoms with Crippen molar-refractivity contribution in [3.8, 4) is 0 Å². The molecule has 0 aromatic carbocycles. The summed E-state index contributed by atoms with van der Waals surface area (Å²) in [7, 11) is -11.4. The molecule has 0 bridgehead atoms.